The first-order valence-corrected chi connectivity index (χ1v) is 4.67. The van der Waals surface area contributed by atoms with E-state index in [1.807, 2.05) is 12.1 Å². The summed E-state index contributed by atoms with van der Waals surface area (Å²) >= 11 is 3.47. The maximum atomic E-state index is 5.87. The van der Waals surface area contributed by atoms with Crippen molar-refractivity contribution in [1.82, 2.24) is 0 Å². The van der Waals surface area contributed by atoms with Crippen LogP contribution in [-0.2, 0) is 0 Å². The Labute approximate surface area is 79.8 Å². The van der Waals surface area contributed by atoms with Crippen LogP contribution in [0, 0.1) is 6.92 Å². The molecular formula is C9H10BrNO. The van der Waals surface area contributed by atoms with Crippen molar-refractivity contribution >= 4 is 15.9 Å². The Morgan fingerprint density at radius 1 is 1.58 bits per heavy atom. The number of nitrogens with two attached hydrogens (primary N) is 1. The van der Waals surface area contributed by atoms with Crippen LogP contribution in [0.5, 0.6) is 5.75 Å². The molecule has 0 fully saturated rings. The Kier molecular flexibility index (Phi) is 1.85. The van der Waals surface area contributed by atoms with Crippen LogP contribution in [0.2, 0.25) is 0 Å². The Bertz CT molecular complexity index is 325. The zero-order chi connectivity index (χ0) is 8.72. The minimum atomic E-state index is 0.0394. The van der Waals surface area contributed by atoms with Gasteiger partial charge in [-0.05, 0) is 24.6 Å². The fourth-order valence-corrected chi connectivity index (χ4v) is 1.87. The van der Waals surface area contributed by atoms with Gasteiger partial charge in [-0.3, -0.25) is 0 Å². The van der Waals surface area contributed by atoms with Crippen molar-refractivity contribution in [3.63, 3.8) is 0 Å². The molecule has 0 aromatic heterocycles. The van der Waals surface area contributed by atoms with Gasteiger partial charge < -0.3 is 10.5 Å². The zero-order valence-corrected chi connectivity index (χ0v) is 8.39. The second-order valence-electron chi connectivity index (χ2n) is 3.00. The largest absolute Gasteiger partial charge is 0.491 e. The molecule has 0 spiro atoms. The lowest BCUT2D eigenvalue weighted by Crippen LogP contribution is -2.11. The van der Waals surface area contributed by atoms with Crippen LogP contribution in [-0.4, -0.2) is 6.61 Å². The third-order valence-electron chi connectivity index (χ3n) is 2.20. The molecule has 0 saturated carbocycles. The molecule has 1 aromatic carbocycles. The molecule has 2 nitrogen and oxygen atoms in total. The van der Waals surface area contributed by atoms with E-state index < -0.39 is 0 Å². The molecule has 1 aliphatic heterocycles. The predicted octanol–water partition coefficient (Wildman–Crippen LogP) is 2.15. The number of halogens is 1. The van der Waals surface area contributed by atoms with E-state index in [1.165, 1.54) is 5.56 Å². The molecule has 1 aromatic rings. The van der Waals surface area contributed by atoms with Crippen molar-refractivity contribution in [3.05, 3.63) is 27.7 Å². The summed E-state index contributed by atoms with van der Waals surface area (Å²) in [6.07, 6.45) is 0. The number of hydrogen-bond acceptors (Lipinski definition) is 2. The molecule has 1 aliphatic rings. The zero-order valence-electron chi connectivity index (χ0n) is 6.80. The minimum Gasteiger partial charge on any atom is -0.491 e. The number of hydrogen-bond donors (Lipinski definition) is 1. The van der Waals surface area contributed by atoms with Gasteiger partial charge in [0.2, 0.25) is 0 Å². The summed E-state index contributed by atoms with van der Waals surface area (Å²) in [5.41, 5.74) is 8.21. The molecule has 0 aliphatic carbocycles. The first-order valence-electron chi connectivity index (χ1n) is 3.87. The van der Waals surface area contributed by atoms with E-state index in [0.29, 0.717) is 6.61 Å². The van der Waals surface area contributed by atoms with Gasteiger partial charge in [0.1, 0.15) is 12.4 Å². The predicted molar refractivity (Wildman–Crippen MR) is 51.3 cm³/mol. The van der Waals surface area contributed by atoms with Gasteiger partial charge in [-0.15, -0.1) is 0 Å². The van der Waals surface area contributed by atoms with Gasteiger partial charge in [0, 0.05) is 10.0 Å². The summed E-state index contributed by atoms with van der Waals surface area (Å²) in [7, 11) is 0. The number of rotatable bonds is 0. The van der Waals surface area contributed by atoms with E-state index in [0.717, 1.165) is 15.8 Å². The highest BCUT2D eigenvalue weighted by Crippen LogP contribution is 2.36. The third-order valence-corrected chi connectivity index (χ3v) is 3.06. The molecule has 0 bridgehead atoms. The molecule has 2 N–H and O–H groups in total. The molecule has 1 atom stereocenters. The summed E-state index contributed by atoms with van der Waals surface area (Å²) in [5.74, 6) is 0.934. The van der Waals surface area contributed by atoms with Crippen molar-refractivity contribution < 1.29 is 4.74 Å². The quantitative estimate of drug-likeness (QED) is 0.738. The van der Waals surface area contributed by atoms with Gasteiger partial charge in [-0.2, -0.15) is 0 Å². The van der Waals surface area contributed by atoms with Gasteiger partial charge in [0.05, 0.1) is 6.04 Å². The molecule has 0 amide bonds. The van der Waals surface area contributed by atoms with Crippen LogP contribution in [0.4, 0.5) is 0 Å². The molecule has 1 unspecified atom stereocenters. The highest BCUT2D eigenvalue weighted by Gasteiger charge is 2.23. The smallest absolute Gasteiger partial charge is 0.124 e. The Hall–Kier alpha value is -0.540. The average Bonchev–Trinajstić information content (AvgIpc) is 2.41. The lowest BCUT2D eigenvalue weighted by Gasteiger charge is -2.06. The highest BCUT2D eigenvalue weighted by atomic mass is 79.9. The highest BCUT2D eigenvalue weighted by molar-refractivity contribution is 9.10. The molecule has 12 heavy (non-hydrogen) atoms. The summed E-state index contributed by atoms with van der Waals surface area (Å²) in [4.78, 5) is 0. The van der Waals surface area contributed by atoms with Crippen LogP contribution < -0.4 is 10.5 Å². The lowest BCUT2D eigenvalue weighted by molar-refractivity contribution is 0.333. The normalized spacial score (nSPS) is 20.4. The van der Waals surface area contributed by atoms with E-state index in [2.05, 4.69) is 22.9 Å². The second kappa shape index (κ2) is 2.75. The van der Waals surface area contributed by atoms with Gasteiger partial charge in [0.25, 0.3) is 0 Å². The maximum absolute atomic E-state index is 5.87. The Morgan fingerprint density at radius 2 is 2.33 bits per heavy atom. The topological polar surface area (TPSA) is 35.2 Å². The third kappa shape index (κ3) is 1.04. The molecule has 0 radical (unpaired) electrons. The standard InChI is InChI=1S/C9H10BrNO/c1-5-6(10)2-3-8-9(5)7(11)4-12-8/h2-3,7H,4,11H2,1H3. The van der Waals surface area contributed by atoms with Crippen LogP contribution in [0.1, 0.15) is 17.2 Å². The first kappa shape index (κ1) is 8.08. The van der Waals surface area contributed by atoms with Crippen molar-refractivity contribution in [2.75, 3.05) is 6.61 Å². The first-order chi connectivity index (χ1) is 5.70. The Morgan fingerprint density at radius 3 is 3.08 bits per heavy atom. The van der Waals surface area contributed by atoms with Crippen LogP contribution >= 0.6 is 15.9 Å². The van der Waals surface area contributed by atoms with E-state index in [-0.39, 0.29) is 6.04 Å². The fraction of sp³-hybridized carbons (Fsp3) is 0.333. The molecule has 1 heterocycles. The van der Waals surface area contributed by atoms with Crippen molar-refractivity contribution in [3.8, 4) is 5.75 Å². The van der Waals surface area contributed by atoms with Gasteiger partial charge in [-0.1, -0.05) is 15.9 Å². The summed E-state index contributed by atoms with van der Waals surface area (Å²) in [6.45, 7) is 2.66. The molecule has 0 saturated heterocycles. The van der Waals surface area contributed by atoms with Gasteiger partial charge in [0.15, 0.2) is 0 Å². The monoisotopic (exact) mass is 227 g/mol. The van der Waals surface area contributed by atoms with Crippen molar-refractivity contribution in [1.29, 1.82) is 0 Å². The fourth-order valence-electron chi connectivity index (χ4n) is 1.53. The maximum Gasteiger partial charge on any atom is 0.124 e. The molecular weight excluding hydrogens is 218 g/mol. The van der Waals surface area contributed by atoms with E-state index in [4.69, 9.17) is 10.5 Å². The number of ether oxygens (including phenoxy) is 1. The van der Waals surface area contributed by atoms with E-state index >= 15 is 0 Å². The van der Waals surface area contributed by atoms with Crippen LogP contribution in [0.3, 0.4) is 0 Å². The molecule has 2 rings (SSSR count). The van der Waals surface area contributed by atoms with Gasteiger partial charge in [-0.25, -0.2) is 0 Å². The van der Waals surface area contributed by atoms with Crippen molar-refractivity contribution in [2.24, 2.45) is 5.73 Å². The summed E-state index contributed by atoms with van der Waals surface area (Å²) < 4.78 is 6.50. The molecule has 3 heteroatoms. The van der Waals surface area contributed by atoms with Crippen LogP contribution in [0.15, 0.2) is 16.6 Å². The SMILES string of the molecule is Cc1c(Br)ccc2c1C(N)CO2. The van der Waals surface area contributed by atoms with E-state index in [1.54, 1.807) is 0 Å². The van der Waals surface area contributed by atoms with Crippen LogP contribution in [0.25, 0.3) is 0 Å². The van der Waals surface area contributed by atoms with Gasteiger partial charge >= 0.3 is 0 Å². The summed E-state index contributed by atoms with van der Waals surface area (Å²) in [5, 5.41) is 0. The van der Waals surface area contributed by atoms with Crippen molar-refractivity contribution in [2.45, 2.75) is 13.0 Å². The lowest BCUT2D eigenvalue weighted by atomic mass is 10.0. The van der Waals surface area contributed by atoms with E-state index in [9.17, 15) is 0 Å². The summed E-state index contributed by atoms with van der Waals surface area (Å²) in [6, 6.07) is 3.99. The number of fused-ring (bicyclic) bond motifs is 1. The second-order valence-corrected chi connectivity index (χ2v) is 3.86. The molecule has 64 valence electrons. The average molecular weight is 228 g/mol. The number of benzene rings is 1. The minimum absolute atomic E-state index is 0.0394. The Balaban J connectivity index is 2.63.